The number of hydrogen-bond donors (Lipinski definition) is 2. The van der Waals surface area contributed by atoms with E-state index in [2.05, 4.69) is 22.7 Å². The Hall–Kier alpha value is -1.36. The van der Waals surface area contributed by atoms with Crippen LogP contribution < -0.4 is 10.6 Å². The molecular formula is C13H22N4O. The summed E-state index contributed by atoms with van der Waals surface area (Å²) in [7, 11) is 1.91. The number of rotatable bonds is 5. The predicted molar refractivity (Wildman–Crippen MR) is 70.1 cm³/mol. The second-order valence-electron chi connectivity index (χ2n) is 5.24. The van der Waals surface area contributed by atoms with Gasteiger partial charge >= 0.3 is 0 Å². The molecule has 2 atom stereocenters. The lowest BCUT2D eigenvalue weighted by Crippen LogP contribution is -2.43. The van der Waals surface area contributed by atoms with Gasteiger partial charge in [0, 0.05) is 30.9 Å². The molecule has 1 heterocycles. The molecule has 1 aromatic heterocycles. The smallest absolute Gasteiger partial charge is 0.237 e. The molecule has 0 aliphatic heterocycles. The summed E-state index contributed by atoms with van der Waals surface area (Å²) < 4.78 is 1.80. The Bertz CT molecular complexity index is 436. The van der Waals surface area contributed by atoms with Crippen LogP contribution in [-0.4, -0.2) is 27.8 Å². The molecule has 1 saturated carbocycles. The number of aryl methyl sites for hydroxylation is 2. The largest absolute Gasteiger partial charge is 0.352 e. The van der Waals surface area contributed by atoms with Crippen molar-refractivity contribution in [1.29, 1.82) is 0 Å². The molecule has 5 nitrogen and oxygen atoms in total. The second kappa shape index (κ2) is 5.10. The van der Waals surface area contributed by atoms with E-state index in [1.807, 2.05) is 27.1 Å². The molecular weight excluding hydrogens is 228 g/mol. The van der Waals surface area contributed by atoms with Crippen LogP contribution in [0.3, 0.4) is 0 Å². The van der Waals surface area contributed by atoms with E-state index in [9.17, 15) is 4.79 Å². The van der Waals surface area contributed by atoms with Gasteiger partial charge in [0.25, 0.3) is 0 Å². The summed E-state index contributed by atoms with van der Waals surface area (Å²) in [6.45, 7) is 5.95. The monoisotopic (exact) mass is 250 g/mol. The molecule has 1 aliphatic rings. The Morgan fingerprint density at radius 2 is 2.17 bits per heavy atom. The molecule has 2 rings (SSSR count). The van der Waals surface area contributed by atoms with Gasteiger partial charge in [0.15, 0.2) is 0 Å². The first kappa shape index (κ1) is 13.1. The predicted octanol–water partition coefficient (Wildman–Crippen LogP) is 1.05. The maximum Gasteiger partial charge on any atom is 0.237 e. The van der Waals surface area contributed by atoms with E-state index in [1.165, 1.54) is 0 Å². The molecule has 18 heavy (non-hydrogen) atoms. The third kappa shape index (κ3) is 3.10. The standard InChI is InChI=1S/C13H22N4O/c1-8(12-7-17(4)16-9(12)2)14-10(3)13(18)15-11-5-6-11/h7-8,10-11,14H,5-6H2,1-4H3,(H,15,18). The van der Waals surface area contributed by atoms with Crippen molar-refractivity contribution < 1.29 is 4.79 Å². The van der Waals surface area contributed by atoms with E-state index in [0.717, 1.165) is 24.1 Å². The van der Waals surface area contributed by atoms with Crippen molar-refractivity contribution in [2.75, 3.05) is 0 Å². The third-order valence-corrected chi connectivity index (χ3v) is 3.33. The van der Waals surface area contributed by atoms with Crippen LogP contribution in [0.25, 0.3) is 0 Å². The molecule has 100 valence electrons. The van der Waals surface area contributed by atoms with Gasteiger partial charge in [0.05, 0.1) is 11.7 Å². The van der Waals surface area contributed by atoms with Crippen molar-refractivity contribution in [3.05, 3.63) is 17.5 Å². The van der Waals surface area contributed by atoms with Gasteiger partial charge in [-0.05, 0) is 33.6 Å². The number of nitrogens with one attached hydrogen (secondary N) is 2. The molecule has 0 bridgehead atoms. The molecule has 0 aromatic carbocycles. The number of carbonyl (C=O) groups excluding carboxylic acids is 1. The Morgan fingerprint density at radius 3 is 2.67 bits per heavy atom. The van der Waals surface area contributed by atoms with Gasteiger partial charge in [0.1, 0.15) is 0 Å². The third-order valence-electron chi connectivity index (χ3n) is 3.33. The average Bonchev–Trinajstić information content (AvgIpc) is 3.02. The van der Waals surface area contributed by atoms with Gasteiger partial charge in [0.2, 0.25) is 5.91 Å². The van der Waals surface area contributed by atoms with Gasteiger partial charge in [-0.2, -0.15) is 5.10 Å². The minimum Gasteiger partial charge on any atom is -0.352 e. The zero-order valence-corrected chi connectivity index (χ0v) is 11.5. The van der Waals surface area contributed by atoms with E-state index < -0.39 is 0 Å². The van der Waals surface area contributed by atoms with Crippen LogP contribution in [0, 0.1) is 6.92 Å². The minimum atomic E-state index is -0.180. The van der Waals surface area contributed by atoms with Crippen molar-refractivity contribution in [1.82, 2.24) is 20.4 Å². The van der Waals surface area contributed by atoms with Crippen LogP contribution in [0.2, 0.25) is 0 Å². The van der Waals surface area contributed by atoms with E-state index in [-0.39, 0.29) is 18.0 Å². The van der Waals surface area contributed by atoms with Crippen molar-refractivity contribution in [3.8, 4) is 0 Å². The Kier molecular flexibility index (Phi) is 3.71. The summed E-state index contributed by atoms with van der Waals surface area (Å²) in [5.41, 5.74) is 2.15. The lowest BCUT2D eigenvalue weighted by atomic mass is 10.1. The molecule has 0 spiro atoms. The van der Waals surface area contributed by atoms with Crippen LogP contribution in [0.5, 0.6) is 0 Å². The van der Waals surface area contributed by atoms with E-state index in [1.54, 1.807) is 4.68 Å². The zero-order chi connectivity index (χ0) is 13.3. The summed E-state index contributed by atoms with van der Waals surface area (Å²) in [5, 5.41) is 10.6. The number of carbonyl (C=O) groups is 1. The average molecular weight is 250 g/mol. The van der Waals surface area contributed by atoms with E-state index in [4.69, 9.17) is 0 Å². The van der Waals surface area contributed by atoms with Crippen LogP contribution in [0.15, 0.2) is 6.20 Å². The summed E-state index contributed by atoms with van der Waals surface area (Å²) in [6.07, 6.45) is 4.24. The zero-order valence-electron chi connectivity index (χ0n) is 11.5. The highest BCUT2D eigenvalue weighted by molar-refractivity contribution is 5.81. The van der Waals surface area contributed by atoms with Crippen molar-refractivity contribution >= 4 is 5.91 Å². The van der Waals surface area contributed by atoms with Crippen LogP contribution >= 0.6 is 0 Å². The highest BCUT2D eigenvalue weighted by atomic mass is 16.2. The Morgan fingerprint density at radius 1 is 1.50 bits per heavy atom. The first-order valence-electron chi connectivity index (χ1n) is 6.54. The molecule has 0 radical (unpaired) electrons. The summed E-state index contributed by atoms with van der Waals surface area (Å²) in [6, 6.07) is 0.357. The molecule has 1 aliphatic carbocycles. The first-order valence-corrected chi connectivity index (χ1v) is 6.54. The van der Waals surface area contributed by atoms with Gasteiger partial charge in [-0.25, -0.2) is 0 Å². The van der Waals surface area contributed by atoms with Gasteiger partial charge in [-0.15, -0.1) is 0 Å². The number of amides is 1. The summed E-state index contributed by atoms with van der Waals surface area (Å²) >= 11 is 0. The number of aromatic nitrogens is 2. The SMILES string of the molecule is Cc1nn(C)cc1C(C)NC(C)C(=O)NC1CC1. The van der Waals surface area contributed by atoms with Crippen LogP contribution in [0.1, 0.15) is 44.0 Å². The van der Waals surface area contributed by atoms with E-state index >= 15 is 0 Å². The number of hydrogen-bond acceptors (Lipinski definition) is 3. The fourth-order valence-electron chi connectivity index (χ4n) is 2.14. The maximum atomic E-state index is 11.9. The number of nitrogens with zero attached hydrogens (tertiary/aromatic N) is 2. The van der Waals surface area contributed by atoms with Crippen molar-refractivity contribution in [2.45, 2.75) is 51.7 Å². The molecule has 5 heteroatoms. The minimum absolute atomic E-state index is 0.0888. The molecule has 1 fully saturated rings. The summed E-state index contributed by atoms with van der Waals surface area (Å²) in [4.78, 5) is 11.9. The highest BCUT2D eigenvalue weighted by Crippen LogP contribution is 2.19. The fourth-order valence-corrected chi connectivity index (χ4v) is 2.14. The highest BCUT2D eigenvalue weighted by Gasteiger charge is 2.26. The lowest BCUT2D eigenvalue weighted by Gasteiger charge is -2.19. The quantitative estimate of drug-likeness (QED) is 0.821. The van der Waals surface area contributed by atoms with E-state index in [0.29, 0.717) is 6.04 Å². The second-order valence-corrected chi connectivity index (χ2v) is 5.24. The summed E-state index contributed by atoms with van der Waals surface area (Å²) in [5.74, 6) is 0.0888. The van der Waals surface area contributed by atoms with Gasteiger partial charge in [-0.3, -0.25) is 14.8 Å². The van der Waals surface area contributed by atoms with Crippen LogP contribution in [0.4, 0.5) is 0 Å². The lowest BCUT2D eigenvalue weighted by molar-refractivity contribution is -0.123. The van der Waals surface area contributed by atoms with Crippen molar-refractivity contribution in [2.24, 2.45) is 7.05 Å². The Labute approximate surface area is 108 Å². The molecule has 2 N–H and O–H groups in total. The Balaban J connectivity index is 1.91. The van der Waals surface area contributed by atoms with Gasteiger partial charge in [-0.1, -0.05) is 0 Å². The normalized spacial score (nSPS) is 18.4. The molecule has 0 saturated heterocycles. The molecule has 1 amide bonds. The van der Waals surface area contributed by atoms with Gasteiger partial charge < -0.3 is 5.32 Å². The fraction of sp³-hybridized carbons (Fsp3) is 0.692. The maximum absolute atomic E-state index is 11.9. The van der Waals surface area contributed by atoms with Crippen molar-refractivity contribution in [3.63, 3.8) is 0 Å². The molecule has 2 unspecified atom stereocenters. The topological polar surface area (TPSA) is 59.0 Å². The molecule has 1 aromatic rings. The first-order chi connectivity index (χ1) is 8.47. The van der Waals surface area contributed by atoms with Crippen LogP contribution in [-0.2, 0) is 11.8 Å².